The van der Waals surface area contributed by atoms with E-state index in [9.17, 15) is 20.0 Å². The number of rotatable bonds is 7. The first-order chi connectivity index (χ1) is 12.1. The fraction of sp³-hybridized carbons (Fsp3) is 0.118. The van der Waals surface area contributed by atoms with E-state index in [0.29, 0.717) is 16.5 Å². The molecule has 0 aliphatic rings. The largest absolute Gasteiger partial charge is 0.480 e. The van der Waals surface area contributed by atoms with Gasteiger partial charge in [0.15, 0.2) is 0 Å². The van der Waals surface area contributed by atoms with Gasteiger partial charge >= 0.3 is 11.8 Å². The minimum atomic E-state index is -1.07. The summed E-state index contributed by atoms with van der Waals surface area (Å²) in [5, 5.41) is 21.5. The lowest BCUT2D eigenvalue weighted by Crippen LogP contribution is -2.34. The molecule has 1 atom stereocenters. The highest BCUT2D eigenvalue weighted by atomic mass is 32.2. The van der Waals surface area contributed by atoms with Crippen LogP contribution in [-0.2, 0) is 11.2 Å². The van der Waals surface area contributed by atoms with Crippen molar-refractivity contribution in [2.24, 2.45) is 0 Å². The van der Waals surface area contributed by atoms with Gasteiger partial charge in [-0.05, 0) is 35.1 Å². The van der Waals surface area contributed by atoms with Gasteiger partial charge in [0.2, 0.25) is 0 Å². The molecule has 3 rings (SSSR count). The molecule has 0 aliphatic carbocycles. The Morgan fingerprint density at radius 1 is 1.20 bits per heavy atom. The maximum Gasteiger partial charge on any atom is 0.325 e. The van der Waals surface area contributed by atoms with E-state index in [0.717, 1.165) is 4.90 Å². The highest BCUT2D eigenvalue weighted by Gasteiger charge is 2.26. The van der Waals surface area contributed by atoms with Gasteiger partial charge in [-0.3, -0.25) is 4.79 Å². The predicted octanol–water partition coefficient (Wildman–Crippen LogP) is 3.37. The number of carboxylic acid groups (broad SMARTS) is 1. The van der Waals surface area contributed by atoms with Crippen LogP contribution >= 0.6 is 11.9 Å². The number of nitrogens with zero attached hydrogens (tertiary/aromatic N) is 1. The van der Waals surface area contributed by atoms with Crippen molar-refractivity contribution in [1.29, 1.82) is 0 Å². The predicted molar refractivity (Wildman–Crippen MR) is 95.5 cm³/mol. The maximum absolute atomic E-state index is 11.6. The number of nitro groups is 1. The molecule has 25 heavy (non-hydrogen) atoms. The van der Waals surface area contributed by atoms with Crippen LogP contribution in [0.3, 0.4) is 0 Å². The third kappa shape index (κ3) is 3.81. The summed E-state index contributed by atoms with van der Waals surface area (Å²) in [6, 6.07) is 15.3. The van der Waals surface area contributed by atoms with Crippen molar-refractivity contribution in [2.45, 2.75) is 17.4 Å². The number of H-pyrrole nitrogens is 1. The SMILES string of the molecule is O=C(O)[C@H](Cc1c([N+](=O)[O-])[nH]c2ccccc12)NSc1ccccc1. The molecule has 0 radical (unpaired) electrons. The minimum absolute atomic E-state index is 0.00447. The Hall–Kier alpha value is -2.84. The van der Waals surface area contributed by atoms with Crippen molar-refractivity contribution in [3.8, 4) is 0 Å². The van der Waals surface area contributed by atoms with Gasteiger partial charge in [0.05, 0.1) is 5.56 Å². The highest BCUT2D eigenvalue weighted by molar-refractivity contribution is 7.97. The Labute approximate surface area is 147 Å². The molecule has 0 saturated carbocycles. The molecule has 128 valence electrons. The van der Waals surface area contributed by atoms with Crippen LogP contribution in [0.15, 0.2) is 59.5 Å². The molecule has 1 aromatic heterocycles. The topological polar surface area (TPSA) is 108 Å². The molecule has 1 heterocycles. The van der Waals surface area contributed by atoms with Crippen LogP contribution in [0.25, 0.3) is 10.9 Å². The summed E-state index contributed by atoms with van der Waals surface area (Å²) >= 11 is 1.19. The van der Waals surface area contributed by atoms with Crippen molar-refractivity contribution in [1.82, 2.24) is 9.71 Å². The lowest BCUT2D eigenvalue weighted by Gasteiger charge is -2.13. The van der Waals surface area contributed by atoms with E-state index < -0.39 is 16.9 Å². The highest BCUT2D eigenvalue weighted by Crippen LogP contribution is 2.29. The van der Waals surface area contributed by atoms with Crippen molar-refractivity contribution >= 4 is 34.6 Å². The van der Waals surface area contributed by atoms with E-state index in [-0.39, 0.29) is 12.2 Å². The number of nitrogens with one attached hydrogen (secondary N) is 2. The van der Waals surface area contributed by atoms with Gasteiger partial charge < -0.3 is 15.2 Å². The average molecular weight is 357 g/mol. The first kappa shape index (κ1) is 17.0. The molecular weight excluding hydrogens is 342 g/mol. The standard InChI is InChI=1S/C17H15N3O4S/c21-17(22)15(19-25-11-6-2-1-3-7-11)10-13-12-8-4-5-9-14(12)18-16(13)20(23)24/h1-9,15,18-19H,10H2,(H,21,22)/t15-/m0/s1. The zero-order chi connectivity index (χ0) is 17.8. The number of hydrogen-bond acceptors (Lipinski definition) is 5. The second-order valence-corrected chi connectivity index (χ2v) is 6.29. The zero-order valence-corrected chi connectivity index (χ0v) is 13.8. The van der Waals surface area contributed by atoms with Gasteiger partial charge in [-0.2, -0.15) is 0 Å². The number of fused-ring (bicyclic) bond motifs is 1. The molecule has 7 nitrogen and oxygen atoms in total. The van der Waals surface area contributed by atoms with Crippen molar-refractivity contribution < 1.29 is 14.8 Å². The molecule has 0 aliphatic heterocycles. The van der Waals surface area contributed by atoms with Crippen LogP contribution in [-0.4, -0.2) is 27.0 Å². The molecule has 0 amide bonds. The van der Waals surface area contributed by atoms with Crippen LogP contribution in [0.2, 0.25) is 0 Å². The van der Waals surface area contributed by atoms with Crippen LogP contribution in [0.4, 0.5) is 5.82 Å². The Balaban J connectivity index is 1.87. The van der Waals surface area contributed by atoms with E-state index in [1.54, 1.807) is 24.3 Å². The van der Waals surface area contributed by atoms with E-state index in [1.165, 1.54) is 11.9 Å². The first-order valence-corrected chi connectivity index (χ1v) is 8.32. The molecule has 3 aromatic rings. The molecule has 0 bridgehead atoms. The second-order valence-electron chi connectivity index (χ2n) is 5.38. The molecule has 0 saturated heterocycles. The van der Waals surface area contributed by atoms with Gasteiger partial charge in [0.25, 0.3) is 0 Å². The Morgan fingerprint density at radius 3 is 2.56 bits per heavy atom. The Kier molecular flexibility index (Phi) is 5.01. The normalized spacial score (nSPS) is 12.2. The number of hydrogen-bond donors (Lipinski definition) is 3. The Morgan fingerprint density at radius 2 is 1.88 bits per heavy atom. The molecule has 0 unspecified atom stereocenters. The first-order valence-electron chi connectivity index (χ1n) is 7.50. The van der Waals surface area contributed by atoms with Gasteiger partial charge in [-0.1, -0.05) is 36.4 Å². The number of para-hydroxylation sites is 1. The average Bonchev–Trinajstić information content (AvgIpc) is 2.98. The zero-order valence-electron chi connectivity index (χ0n) is 13.0. The summed E-state index contributed by atoms with van der Waals surface area (Å²) in [6.07, 6.45) is -0.00447. The number of aromatic amines is 1. The Bertz CT molecular complexity index is 911. The van der Waals surface area contributed by atoms with Crippen molar-refractivity contribution in [3.63, 3.8) is 0 Å². The summed E-state index contributed by atoms with van der Waals surface area (Å²) in [6.45, 7) is 0. The van der Waals surface area contributed by atoms with Crippen LogP contribution in [0, 0.1) is 10.1 Å². The molecule has 0 spiro atoms. The number of carboxylic acids is 1. The fourth-order valence-electron chi connectivity index (χ4n) is 2.56. The molecule has 2 aromatic carbocycles. The summed E-state index contributed by atoms with van der Waals surface area (Å²) in [4.78, 5) is 26.0. The van der Waals surface area contributed by atoms with E-state index in [2.05, 4.69) is 9.71 Å². The number of benzene rings is 2. The summed E-state index contributed by atoms with van der Waals surface area (Å²) in [5.41, 5.74) is 0.998. The van der Waals surface area contributed by atoms with Gasteiger partial charge in [0.1, 0.15) is 11.6 Å². The number of aliphatic carboxylic acids is 1. The third-order valence-electron chi connectivity index (χ3n) is 3.74. The lowest BCUT2D eigenvalue weighted by molar-refractivity contribution is -0.389. The summed E-state index contributed by atoms with van der Waals surface area (Å²) < 4.78 is 2.89. The quantitative estimate of drug-likeness (QED) is 0.340. The summed E-state index contributed by atoms with van der Waals surface area (Å²) in [5.74, 6) is -1.23. The van der Waals surface area contributed by atoms with E-state index in [1.807, 2.05) is 30.3 Å². The monoisotopic (exact) mass is 357 g/mol. The number of carbonyl (C=O) groups is 1. The lowest BCUT2D eigenvalue weighted by atomic mass is 10.0. The third-order valence-corrected chi connectivity index (χ3v) is 4.65. The molecule has 8 heteroatoms. The molecule has 3 N–H and O–H groups in total. The van der Waals surface area contributed by atoms with E-state index in [4.69, 9.17) is 0 Å². The van der Waals surface area contributed by atoms with Crippen LogP contribution < -0.4 is 4.72 Å². The van der Waals surface area contributed by atoms with Crippen LogP contribution in [0.1, 0.15) is 5.56 Å². The van der Waals surface area contributed by atoms with Gasteiger partial charge in [0, 0.05) is 16.7 Å². The summed E-state index contributed by atoms with van der Waals surface area (Å²) in [7, 11) is 0. The molecule has 0 fully saturated rings. The van der Waals surface area contributed by atoms with Crippen LogP contribution in [0.5, 0.6) is 0 Å². The van der Waals surface area contributed by atoms with Gasteiger partial charge in [-0.25, -0.2) is 9.71 Å². The number of aromatic nitrogens is 1. The van der Waals surface area contributed by atoms with E-state index >= 15 is 0 Å². The molecular formula is C17H15N3O4S. The van der Waals surface area contributed by atoms with Gasteiger partial charge in [-0.15, -0.1) is 0 Å². The maximum atomic E-state index is 11.6. The van der Waals surface area contributed by atoms with Crippen molar-refractivity contribution in [3.05, 3.63) is 70.3 Å². The van der Waals surface area contributed by atoms with Crippen molar-refractivity contribution in [2.75, 3.05) is 0 Å². The minimum Gasteiger partial charge on any atom is -0.480 e. The fourth-order valence-corrected chi connectivity index (χ4v) is 3.32. The smallest absolute Gasteiger partial charge is 0.325 e. The second kappa shape index (κ2) is 7.37.